The largest absolute Gasteiger partial charge is 0.0613 e. The van der Waals surface area contributed by atoms with Crippen LogP contribution in [0, 0.1) is 48.3 Å². The third-order valence-corrected chi connectivity index (χ3v) is 13.8. The molecular weight excluding hydrogens is 456 g/mol. The lowest BCUT2D eigenvalue weighted by atomic mass is 9.30. The summed E-state index contributed by atoms with van der Waals surface area (Å²) in [7, 11) is 0. The summed E-state index contributed by atoms with van der Waals surface area (Å²) in [5.74, 6) is 3.93. The van der Waals surface area contributed by atoms with E-state index in [2.05, 4.69) is 64.1 Å². The Balaban J connectivity index is 1.24. The first kappa shape index (κ1) is 24.3. The molecule has 202 valence electrons. The SMILES string of the molecule is CCc1ccc(C)c(C23CC4CC(C2)CC(C25CC6CC(CC(c7cc(CC)ccc7C)(C6)C2)C5)(C4)C3)c1. The Labute approximate surface area is 232 Å². The summed E-state index contributed by atoms with van der Waals surface area (Å²) in [6.07, 6.45) is 20.7. The molecule has 0 aromatic heterocycles. The molecule has 0 N–H and O–H groups in total. The second kappa shape index (κ2) is 8.01. The van der Waals surface area contributed by atoms with Crippen molar-refractivity contribution >= 4 is 0 Å². The lowest BCUT2D eigenvalue weighted by molar-refractivity contribution is -0.212. The van der Waals surface area contributed by atoms with Crippen molar-refractivity contribution < 1.29 is 0 Å². The molecule has 0 amide bonds. The molecule has 0 nitrogen and oxygen atoms in total. The third-order valence-electron chi connectivity index (χ3n) is 13.8. The van der Waals surface area contributed by atoms with Crippen LogP contribution in [0.5, 0.6) is 0 Å². The van der Waals surface area contributed by atoms with E-state index in [0.717, 1.165) is 23.7 Å². The first-order valence-electron chi connectivity index (χ1n) is 16.5. The Morgan fingerprint density at radius 1 is 0.553 bits per heavy atom. The van der Waals surface area contributed by atoms with E-state index in [1.54, 1.807) is 71.9 Å². The second-order valence-corrected chi connectivity index (χ2v) is 16.0. The predicted octanol–water partition coefficient (Wildman–Crippen LogP) is 9.80. The van der Waals surface area contributed by atoms with Crippen LogP contribution in [0.4, 0.5) is 0 Å². The van der Waals surface area contributed by atoms with Crippen molar-refractivity contribution in [2.24, 2.45) is 34.5 Å². The van der Waals surface area contributed by atoms with Gasteiger partial charge >= 0.3 is 0 Å². The summed E-state index contributed by atoms with van der Waals surface area (Å²) in [5, 5.41) is 0. The molecule has 8 aliphatic rings. The molecular formula is C38H50. The van der Waals surface area contributed by atoms with Gasteiger partial charge in [-0.05, 0) is 182 Å². The van der Waals surface area contributed by atoms with E-state index in [0.29, 0.717) is 21.7 Å². The normalized spacial score (nSPS) is 44.2. The third kappa shape index (κ3) is 3.22. The van der Waals surface area contributed by atoms with Crippen LogP contribution in [-0.2, 0) is 23.7 Å². The number of aryl methyl sites for hydroxylation is 4. The van der Waals surface area contributed by atoms with Crippen LogP contribution >= 0.6 is 0 Å². The van der Waals surface area contributed by atoms with E-state index in [9.17, 15) is 0 Å². The summed E-state index contributed by atoms with van der Waals surface area (Å²) < 4.78 is 0. The quantitative estimate of drug-likeness (QED) is 0.378. The Hall–Kier alpha value is -1.56. The van der Waals surface area contributed by atoms with Crippen LogP contribution in [0.2, 0.25) is 0 Å². The molecule has 38 heavy (non-hydrogen) atoms. The molecule has 0 spiro atoms. The van der Waals surface area contributed by atoms with Gasteiger partial charge in [0.15, 0.2) is 0 Å². The minimum Gasteiger partial charge on any atom is -0.0613 e. The van der Waals surface area contributed by atoms with Gasteiger partial charge in [0.2, 0.25) is 0 Å². The van der Waals surface area contributed by atoms with Crippen molar-refractivity contribution in [3.05, 3.63) is 69.8 Å². The average molecular weight is 507 g/mol. The van der Waals surface area contributed by atoms with Gasteiger partial charge in [0, 0.05) is 0 Å². The summed E-state index contributed by atoms with van der Waals surface area (Å²) >= 11 is 0. The van der Waals surface area contributed by atoms with Crippen LogP contribution in [0.25, 0.3) is 0 Å². The zero-order valence-corrected chi connectivity index (χ0v) is 24.7. The molecule has 10 rings (SSSR count). The molecule has 0 saturated heterocycles. The average Bonchev–Trinajstić information content (AvgIpc) is 2.87. The highest BCUT2D eigenvalue weighted by Crippen LogP contribution is 2.79. The molecule has 2 aromatic carbocycles. The first-order valence-corrected chi connectivity index (χ1v) is 16.5. The van der Waals surface area contributed by atoms with Gasteiger partial charge in [-0.25, -0.2) is 0 Å². The van der Waals surface area contributed by atoms with E-state index in [1.807, 2.05) is 0 Å². The van der Waals surface area contributed by atoms with Gasteiger partial charge in [0.25, 0.3) is 0 Å². The predicted molar refractivity (Wildman–Crippen MR) is 159 cm³/mol. The summed E-state index contributed by atoms with van der Waals surface area (Å²) in [4.78, 5) is 0. The highest BCUT2D eigenvalue weighted by Gasteiger charge is 2.70. The van der Waals surface area contributed by atoms with Gasteiger partial charge in [0.1, 0.15) is 0 Å². The molecule has 4 atom stereocenters. The minimum atomic E-state index is 0.466. The monoisotopic (exact) mass is 506 g/mol. The van der Waals surface area contributed by atoms with Gasteiger partial charge in [0.05, 0.1) is 0 Å². The van der Waals surface area contributed by atoms with Crippen LogP contribution in [-0.4, -0.2) is 0 Å². The molecule has 8 bridgehead atoms. The molecule has 8 aliphatic carbocycles. The fourth-order valence-corrected chi connectivity index (χ4v) is 13.3. The molecule has 0 radical (unpaired) electrons. The second-order valence-electron chi connectivity index (χ2n) is 16.0. The topological polar surface area (TPSA) is 0 Å². The van der Waals surface area contributed by atoms with Crippen molar-refractivity contribution in [1.29, 1.82) is 0 Å². The zero-order valence-electron chi connectivity index (χ0n) is 24.7. The van der Waals surface area contributed by atoms with Crippen molar-refractivity contribution in [3.63, 3.8) is 0 Å². The molecule has 2 aromatic rings. The van der Waals surface area contributed by atoms with E-state index >= 15 is 0 Å². The van der Waals surface area contributed by atoms with Gasteiger partial charge in [-0.1, -0.05) is 50.2 Å². The lowest BCUT2D eigenvalue weighted by Gasteiger charge is -2.74. The Morgan fingerprint density at radius 3 is 1.26 bits per heavy atom. The van der Waals surface area contributed by atoms with Crippen molar-refractivity contribution in [2.45, 2.75) is 128 Å². The van der Waals surface area contributed by atoms with Crippen LogP contribution in [0.3, 0.4) is 0 Å². The van der Waals surface area contributed by atoms with Gasteiger partial charge in [-0.15, -0.1) is 0 Å². The lowest BCUT2D eigenvalue weighted by Crippen LogP contribution is -2.66. The van der Waals surface area contributed by atoms with Crippen molar-refractivity contribution in [1.82, 2.24) is 0 Å². The molecule has 4 unspecified atom stereocenters. The maximum Gasteiger partial charge on any atom is -0.00335 e. The minimum absolute atomic E-state index is 0.466. The maximum atomic E-state index is 2.68. The standard InChI is InChI=1S/C38H50/c1-5-27-9-7-25(3)33(13-27)35-15-29-11-30(16-35)20-37(19-29,23-35)38-21-31-12-32(22-38)18-36(17-31,24-38)34-14-28(6-2)10-8-26(34)4/h7-10,13-14,29-32H,5-6,11-12,15-24H2,1-4H3. The van der Waals surface area contributed by atoms with Crippen LogP contribution < -0.4 is 0 Å². The highest BCUT2D eigenvalue weighted by atomic mass is 14.7. The zero-order chi connectivity index (χ0) is 25.9. The summed E-state index contributed by atoms with van der Waals surface area (Å²) in [5.41, 5.74) is 12.0. The van der Waals surface area contributed by atoms with E-state index in [-0.39, 0.29) is 0 Å². The molecule has 0 aliphatic heterocycles. The molecule has 8 saturated carbocycles. The first-order chi connectivity index (χ1) is 18.3. The van der Waals surface area contributed by atoms with E-state index < -0.39 is 0 Å². The fraction of sp³-hybridized carbons (Fsp3) is 0.684. The number of rotatable bonds is 5. The van der Waals surface area contributed by atoms with Gasteiger partial charge in [-0.2, -0.15) is 0 Å². The number of hydrogen-bond acceptors (Lipinski definition) is 0. The molecule has 0 heteroatoms. The maximum absolute atomic E-state index is 2.68. The van der Waals surface area contributed by atoms with E-state index in [1.165, 1.54) is 51.4 Å². The summed E-state index contributed by atoms with van der Waals surface area (Å²) in [6, 6.07) is 15.1. The van der Waals surface area contributed by atoms with E-state index in [4.69, 9.17) is 0 Å². The Kier molecular flexibility index (Phi) is 5.11. The number of hydrogen-bond donors (Lipinski definition) is 0. The van der Waals surface area contributed by atoms with Gasteiger partial charge in [-0.3, -0.25) is 0 Å². The highest BCUT2D eigenvalue weighted by molar-refractivity contribution is 5.43. The van der Waals surface area contributed by atoms with Crippen molar-refractivity contribution in [3.8, 4) is 0 Å². The molecule has 8 fully saturated rings. The molecule has 0 heterocycles. The number of benzene rings is 2. The van der Waals surface area contributed by atoms with Crippen LogP contribution in [0.15, 0.2) is 36.4 Å². The summed E-state index contributed by atoms with van der Waals surface area (Å²) in [6.45, 7) is 9.56. The fourth-order valence-electron chi connectivity index (χ4n) is 13.3. The van der Waals surface area contributed by atoms with Gasteiger partial charge < -0.3 is 0 Å². The smallest absolute Gasteiger partial charge is 0.00335 e. The van der Waals surface area contributed by atoms with Crippen LogP contribution in [0.1, 0.15) is 124 Å². The Bertz CT molecular complexity index is 1150. The van der Waals surface area contributed by atoms with Crippen molar-refractivity contribution in [2.75, 3.05) is 0 Å². The Morgan fingerprint density at radius 2 is 0.921 bits per heavy atom.